The zero-order valence-electron chi connectivity index (χ0n) is 5.85. The predicted octanol–water partition coefficient (Wildman–Crippen LogP) is 0.734. The molecule has 0 aliphatic rings. The first-order valence-electron chi connectivity index (χ1n) is 3.01. The molecule has 0 saturated carbocycles. The van der Waals surface area contributed by atoms with Gasteiger partial charge in [0, 0.05) is 0 Å². The third-order valence-corrected chi connectivity index (χ3v) is 2.31. The molecule has 0 aromatic rings. The molecule has 0 rings (SSSR count). The molecule has 1 unspecified atom stereocenters. The Morgan fingerprint density at radius 1 is 1.67 bits per heavy atom. The maximum atomic E-state index is 10.7. The van der Waals surface area contributed by atoms with E-state index in [-0.39, 0.29) is 5.78 Å². The second-order valence-corrected chi connectivity index (χ2v) is 3.75. The highest BCUT2D eigenvalue weighted by molar-refractivity contribution is 7.91. The van der Waals surface area contributed by atoms with Gasteiger partial charge in [-0.3, -0.25) is 4.79 Å². The lowest BCUT2D eigenvalue weighted by Crippen LogP contribution is -2.11. The number of carbonyl (C=O) groups excluding carboxylic acids is 1. The maximum absolute atomic E-state index is 10.7. The highest BCUT2D eigenvalue weighted by atomic mass is 32.2. The quantitative estimate of drug-likeness (QED) is 0.551. The molecule has 0 spiro atoms. The summed E-state index contributed by atoms with van der Waals surface area (Å²) in [5.74, 6) is 1.32. The van der Waals surface area contributed by atoms with Crippen molar-refractivity contribution in [3.05, 3.63) is 0 Å². The lowest BCUT2D eigenvalue weighted by Gasteiger charge is -2.05. The van der Waals surface area contributed by atoms with Crippen molar-refractivity contribution < 1.29 is 9.35 Å². The van der Waals surface area contributed by atoms with Gasteiger partial charge in [-0.05, 0) is 13.8 Å². The first-order valence-corrected chi connectivity index (χ1v) is 4.50. The van der Waals surface area contributed by atoms with Crippen LogP contribution in [-0.2, 0) is 16.0 Å². The Hall–Kier alpha value is -0.0200. The fraction of sp³-hybridized carbons (Fsp3) is 0.833. The highest BCUT2D eigenvalue weighted by Gasteiger charge is 2.02. The van der Waals surface area contributed by atoms with E-state index >= 15 is 0 Å². The fourth-order valence-corrected chi connectivity index (χ4v) is 1.21. The largest absolute Gasteiger partial charge is 0.616 e. The molecule has 0 aliphatic carbocycles. The molecule has 0 aromatic carbocycles. The molecule has 0 N–H and O–H groups in total. The molecule has 0 heterocycles. The van der Waals surface area contributed by atoms with Gasteiger partial charge in [0.15, 0.2) is 0 Å². The third-order valence-electron chi connectivity index (χ3n) is 1.00. The normalized spacial score (nSPS) is 13.2. The van der Waals surface area contributed by atoms with Crippen molar-refractivity contribution in [2.45, 2.75) is 20.3 Å². The van der Waals surface area contributed by atoms with Gasteiger partial charge in [-0.2, -0.15) is 0 Å². The van der Waals surface area contributed by atoms with E-state index in [1.807, 2.05) is 6.92 Å². The molecule has 54 valence electrons. The molecular weight excluding hydrogens is 136 g/mol. The second-order valence-electron chi connectivity index (χ2n) is 1.88. The Morgan fingerprint density at radius 3 is 2.56 bits per heavy atom. The van der Waals surface area contributed by atoms with Crippen LogP contribution >= 0.6 is 0 Å². The molecule has 0 fully saturated rings. The van der Waals surface area contributed by atoms with Crippen molar-refractivity contribution in [2.75, 3.05) is 11.5 Å². The minimum atomic E-state index is -0.768. The van der Waals surface area contributed by atoms with E-state index in [1.165, 1.54) is 6.92 Å². The standard InChI is InChI=1S/C6H12O2S/c1-3-9(8)5-4-6(2)7/h3-5H2,1-2H3. The van der Waals surface area contributed by atoms with E-state index < -0.39 is 11.2 Å². The highest BCUT2D eigenvalue weighted by Crippen LogP contribution is 1.93. The van der Waals surface area contributed by atoms with Crippen LogP contribution in [0.25, 0.3) is 0 Å². The van der Waals surface area contributed by atoms with Crippen LogP contribution in [0, 0.1) is 0 Å². The molecule has 9 heavy (non-hydrogen) atoms. The van der Waals surface area contributed by atoms with E-state index in [1.54, 1.807) is 0 Å². The van der Waals surface area contributed by atoms with Crippen molar-refractivity contribution >= 4 is 17.0 Å². The Morgan fingerprint density at radius 2 is 2.22 bits per heavy atom. The van der Waals surface area contributed by atoms with Crippen molar-refractivity contribution in [3.8, 4) is 0 Å². The van der Waals surface area contributed by atoms with Gasteiger partial charge in [-0.25, -0.2) is 0 Å². The number of rotatable bonds is 4. The van der Waals surface area contributed by atoms with Crippen LogP contribution in [0.1, 0.15) is 20.3 Å². The van der Waals surface area contributed by atoms with Gasteiger partial charge in [0.05, 0.1) is 6.42 Å². The summed E-state index contributed by atoms with van der Waals surface area (Å²) in [6, 6.07) is 0. The molecule has 3 heteroatoms. The van der Waals surface area contributed by atoms with Crippen LogP contribution in [0.3, 0.4) is 0 Å². The number of Topliss-reactive ketones (excluding diaryl/α,β-unsaturated/α-hetero) is 1. The zero-order chi connectivity index (χ0) is 7.28. The minimum absolute atomic E-state index is 0.122. The van der Waals surface area contributed by atoms with Gasteiger partial charge in [0.2, 0.25) is 0 Å². The molecule has 0 radical (unpaired) electrons. The molecular formula is C6H12O2S. The summed E-state index contributed by atoms with van der Waals surface area (Å²) in [7, 11) is 0. The zero-order valence-corrected chi connectivity index (χ0v) is 6.66. The summed E-state index contributed by atoms with van der Waals surface area (Å²) in [6.45, 7) is 3.38. The van der Waals surface area contributed by atoms with Gasteiger partial charge in [0.1, 0.15) is 17.3 Å². The van der Waals surface area contributed by atoms with Gasteiger partial charge >= 0.3 is 0 Å². The van der Waals surface area contributed by atoms with Crippen molar-refractivity contribution in [1.29, 1.82) is 0 Å². The van der Waals surface area contributed by atoms with Crippen LogP contribution in [-0.4, -0.2) is 21.8 Å². The van der Waals surface area contributed by atoms with Gasteiger partial charge in [-0.1, -0.05) is 11.2 Å². The van der Waals surface area contributed by atoms with Crippen LogP contribution < -0.4 is 0 Å². The van der Waals surface area contributed by atoms with Crippen molar-refractivity contribution in [3.63, 3.8) is 0 Å². The Bertz CT molecular complexity index is 93.1. The Balaban J connectivity index is 3.16. The van der Waals surface area contributed by atoms with Crippen molar-refractivity contribution in [2.24, 2.45) is 0 Å². The molecule has 0 aromatic heterocycles. The second kappa shape index (κ2) is 4.82. The van der Waals surface area contributed by atoms with Gasteiger partial charge in [0.25, 0.3) is 0 Å². The molecule has 0 saturated heterocycles. The monoisotopic (exact) mass is 148 g/mol. The average molecular weight is 148 g/mol. The summed E-state index contributed by atoms with van der Waals surface area (Å²) in [5.41, 5.74) is 0. The van der Waals surface area contributed by atoms with Crippen LogP contribution in [0.5, 0.6) is 0 Å². The van der Waals surface area contributed by atoms with E-state index in [0.717, 1.165) is 0 Å². The van der Waals surface area contributed by atoms with Gasteiger partial charge in [-0.15, -0.1) is 0 Å². The first-order chi connectivity index (χ1) is 4.16. The summed E-state index contributed by atoms with van der Waals surface area (Å²) in [5, 5.41) is 0. The van der Waals surface area contributed by atoms with E-state index in [2.05, 4.69) is 0 Å². The van der Waals surface area contributed by atoms with Crippen LogP contribution in [0.2, 0.25) is 0 Å². The summed E-state index contributed by atoms with van der Waals surface area (Å²) >= 11 is -0.768. The first kappa shape index (κ1) is 8.98. The number of hydrogen-bond acceptors (Lipinski definition) is 2. The SMILES string of the molecule is CC[S+]([O-])CCC(C)=O. The molecule has 0 aliphatic heterocycles. The van der Waals surface area contributed by atoms with Gasteiger partial charge < -0.3 is 4.55 Å². The molecule has 0 bridgehead atoms. The minimum Gasteiger partial charge on any atom is -0.616 e. The Kier molecular flexibility index (Phi) is 4.81. The predicted molar refractivity (Wildman–Crippen MR) is 38.8 cm³/mol. The Labute approximate surface area is 58.8 Å². The van der Waals surface area contributed by atoms with E-state index in [0.29, 0.717) is 17.9 Å². The van der Waals surface area contributed by atoms with Crippen LogP contribution in [0.15, 0.2) is 0 Å². The van der Waals surface area contributed by atoms with Crippen molar-refractivity contribution in [1.82, 2.24) is 0 Å². The summed E-state index contributed by atoms with van der Waals surface area (Å²) in [4.78, 5) is 10.3. The van der Waals surface area contributed by atoms with E-state index in [9.17, 15) is 9.35 Å². The van der Waals surface area contributed by atoms with E-state index in [4.69, 9.17) is 0 Å². The topological polar surface area (TPSA) is 40.1 Å². The number of carbonyl (C=O) groups is 1. The summed E-state index contributed by atoms with van der Waals surface area (Å²) < 4.78 is 10.7. The maximum Gasteiger partial charge on any atom is 0.134 e. The number of hydrogen-bond donors (Lipinski definition) is 0. The third kappa shape index (κ3) is 5.86. The molecule has 0 amide bonds. The lowest BCUT2D eigenvalue weighted by molar-refractivity contribution is -0.116. The average Bonchev–Trinajstić information content (AvgIpc) is 1.83. The lowest BCUT2D eigenvalue weighted by atomic mass is 10.4. The smallest absolute Gasteiger partial charge is 0.134 e. The number of ketones is 1. The summed E-state index contributed by atoms with van der Waals surface area (Å²) in [6.07, 6.45) is 0.459. The fourth-order valence-electron chi connectivity index (χ4n) is 0.402. The van der Waals surface area contributed by atoms with Crippen LogP contribution in [0.4, 0.5) is 0 Å². The molecule has 2 nitrogen and oxygen atoms in total. The molecule has 1 atom stereocenters.